The maximum Gasteiger partial charge on any atom is 0.313 e. The van der Waals surface area contributed by atoms with Gasteiger partial charge in [0.1, 0.15) is 5.60 Å². The molecule has 1 saturated heterocycles. The number of carbonyl (C=O) groups is 2. The van der Waals surface area contributed by atoms with Crippen LogP contribution in [0.4, 0.5) is 0 Å². The van der Waals surface area contributed by atoms with Crippen LogP contribution < -0.4 is 0 Å². The van der Waals surface area contributed by atoms with Crippen LogP contribution in [0.25, 0.3) is 0 Å². The Labute approximate surface area is 147 Å². The summed E-state index contributed by atoms with van der Waals surface area (Å²) in [6.07, 6.45) is 4.99. The first-order valence-electron chi connectivity index (χ1n) is 9.20. The van der Waals surface area contributed by atoms with Gasteiger partial charge in [0.15, 0.2) is 0 Å². The zero-order chi connectivity index (χ0) is 17.8. The van der Waals surface area contributed by atoms with E-state index >= 15 is 0 Å². The maximum atomic E-state index is 13.0. The van der Waals surface area contributed by atoms with E-state index in [4.69, 9.17) is 9.47 Å². The van der Waals surface area contributed by atoms with Crippen molar-refractivity contribution in [2.75, 3.05) is 7.11 Å². The molecule has 5 heteroatoms. The molecule has 25 heavy (non-hydrogen) atoms. The average molecular weight is 344 g/mol. The smallest absolute Gasteiger partial charge is 0.313 e. The molecular formula is C20H24O5. The lowest BCUT2D eigenvalue weighted by molar-refractivity contribution is -0.154. The summed E-state index contributed by atoms with van der Waals surface area (Å²) < 4.78 is 11.3. The minimum Gasteiger partial charge on any atom is -0.469 e. The Hall–Kier alpha value is -1.62. The predicted octanol–water partition coefficient (Wildman–Crippen LogP) is 2.14. The minimum atomic E-state index is -0.750. The fourth-order valence-electron chi connectivity index (χ4n) is 7.10. The van der Waals surface area contributed by atoms with Crippen molar-refractivity contribution in [3.8, 4) is 0 Å². The van der Waals surface area contributed by atoms with Gasteiger partial charge in [-0.2, -0.15) is 0 Å². The lowest BCUT2D eigenvalue weighted by Gasteiger charge is -2.39. The second kappa shape index (κ2) is 4.37. The molecule has 5 nitrogen and oxygen atoms in total. The van der Waals surface area contributed by atoms with E-state index in [-0.39, 0.29) is 23.8 Å². The van der Waals surface area contributed by atoms with Gasteiger partial charge < -0.3 is 14.6 Å². The van der Waals surface area contributed by atoms with Gasteiger partial charge in [-0.3, -0.25) is 9.59 Å². The molecule has 1 aliphatic heterocycles. The van der Waals surface area contributed by atoms with Crippen molar-refractivity contribution < 1.29 is 24.2 Å². The summed E-state index contributed by atoms with van der Waals surface area (Å²) in [7, 11) is 1.42. The van der Waals surface area contributed by atoms with Crippen LogP contribution in [0.15, 0.2) is 23.8 Å². The third-order valence-corrected chi connectivity index (χ3v) is 7.95. The first kappa shape index (κ1) is 15.6. The molecule has 0 aromatic heterocycles. The number of fused-ring (bicyclic) bond motifs is 1. The number of rotatable bonds is 1. The standard InChI is InChI=1S/C20H24O5/c1-10-8-19-9-11(10)12(21)7-13(19)20-6-4-5-18(2,17(23)25-20)15(20)14(19)16(22)24-3/h7,11-12,14-15,21H,1,4-6,8-9H2,2-3H3/t11-,12+,14-,15-,18+,19+,20+/m1/s1. The van der Waals surface area contributed by atoms with E-state index in [1.165, 1.54) is 7.11 Å². The molecule has 0 radical (unpaired) electrons. The van der Waals surface area contributed by atoms with Crippen LogP contribution in [0.2, 0.25) is 0 Å². The number of hydrogen-bond donors (Lipinski definition) is 1. The molecule has 0 amide bonds. The molecule has 4 aliphatic carbocycles. The molecule has 1 heterocycles. The van der Waals surface area contributed by atoms with Crippen LogP contribution in [-0.4, -0.2) is 35.9 Å². The van der Waals surface area contributed by atoms with Crippen molar-refractivity contribution in [3.63, 3.8) is 0 Å². The normalized spacial score (nSPS) is 52.4. The third kappa shape index (κ3) is 1.48. The molecule has 0 unspecified atom stereocenters. The van der Waals surface area contributed by atoms with Crippen LogP contribution in [0.3, 0.4) is 0 Å². The van der Waals surface area contributed by atoms with Crippen LogP contribution >= 0.6 is 0 Å². The quantitative estimate of drug-likeness (QED) is 0.583. The summed E-state index contributed by atoms with van der Waals surface area (Å²) in [4.78, 5) is 25.7. The van der Waals surface area contributed by atoms with Crippen LogP contribution in [0.1, 0.15) is 39.0 Å². The van der Waals surface area contributed by atoms with Crippen LogP contribution in [0.5, 0.6) is 0 Å². The SMILES string of the molecule is C=C1C[C@]23C[C@H]1[C@@H](O)C=C2[C@]12CCC[C@](C)(C(=O)O1)[C@H]2[C@@H]3C(=O)OC. The monoisotopic (exact) mass is 344 g/mol. The number of ether oxygens (including phenoxy) is 2. The van der Waals surface area contributed by atoms with Crippen molar-refractivity contribution in [1.82, 2.24) is 0 Å². The Bertz CT molecular complexity index is 753. The van der Waals surface area contributed by atoms with Gasteiger partial charge in [-0.05, 0) is 44.6 Å². The Morgan fingerprint density at radius 2 is 2.20 bits per heavy atom. The molecule has 134 valence electrons. The lowest BCUT2D eigenvalue weighted by atomic mass is 9.60. The second-order valence-electron chi connectivity index (χ2n) is 8.90. The fraction of sp³-hybridized carbons (Fsp3) is 0.700. The highest BCUT2D eigenvalue weighted by molar-refractivity contribution is 5.87. The van der Waals surface area contributed by atoms with E-state index in [9.17, 15) is 14.7 Å². The number of aliphatic hydroxyl groups excluding tert-OH is 1. The van der Waals surface area contributed by atoms with E-state index in [1.807, 2.05) is 13.0 Å². The molecule has 0 aromatic rings. The Morgan fingerprint density at radius 3 is 2.92 bits per heavy atom. The van der Waals surface area contributed by atoms with Crippen molar-refractivity contribution in [1.29, 1.82) is 0 Å². The molecule has 7 atom stereocenters. The van der Waals surface area contributed by atoms with Crippen molar-refractivity contribution >= 4 is 11.9 Å². The Balaban J connectivity index is 1.80. The fourth-order valence-corrected chi connectivity index (χ4v) is 7.10. The molecule has 4 fully saturated rings. The molecular weight excluding hydrogens is 320 g/mol. The third-order valence-electron chi connectivity index (χ3n) is 7.95. The van der Waals surface area contributed by atoms with E-state index in [0.717, 1.165) is 30.4 Å². The zero-order valence-corrected chi connectivity index (χ0v) is 14.7. The molecule has 5 rings (SSSR count). The second-order valence-corrected chi connectivity index (χ2v) is 8.90. The highest BCUT2D eigenvalue weighted by Crippen LogP contribution is 2.76. The zero-order valence-electron chi connectivity index (χ0n) is 14.7. The number of aliphatic hydroxyl groups is 1. The minimum absolute atomic E-state index is 0.0190. The summed E-state index contributed by atoms with van der Waals surface area (Å²) in [5.74, 6) is -1.09. The van der Waals surface area contributed by atoms with Gasteiger partial charge >= 0.3 is 11.9 Å². The first-order chi connectivity index (χ1) is 11.8. The summed E-state index contributed by atoms with van der Waals surface area (Å²) >= 11 is 0. The summed E-state index contributed by atoms with van der Waals surface area (Å²) in [5.41, 5.74) is 0.147. The van der Waals surface area contributed by atoms with Gasteiger partial charge in [-0.1, -0.05) is 18.2 Å². The van der Waals surface area contributed by atoms with Gasteiger partial charge in [-0.15, -0.1) is 0 Å². The number of esters is 2. The lowest BCUT2D eigenvalue weighted by Crippen LogP contribution is -2.46. The van der Waals surface area contributed by atoms with E-state index < -0.39 is 28.5 Å². The average Bonchev–Trinajstić information content (AvgIpc) is 3.03. The van der Waals surface area contributed by atoms with Gasteiger partial charge in [-0.25, -0.2) is 0 Å². The van der Waals surface area contributed by atoms with Crippen LogP contribution in [-0.2, 0) is 19.1 Å². The molecule has 4 bridgehead atoms. The van der Waals surface area contributed by atoms with Gasteiger partial charge in [0.05, 0.1) is 24.5 Å². The molecule has 5 aliphatic rings. The van der Waals surface area contributed by atoms with Gasteiger partial charge in [0, 0.05) is 17.3 Å². The van der Waals surface area contributed by atoms with Crippen molar-refractivity contribution in [2.24, 2.45) is 28.6 Å². The van der Waals surface area contributed by atoms with Gasteiger partial charge in [0.2, 0.25) is 0 Å². The van der Waals surface area contributed by atoms with E-state index in [1.54, 1.807) is 0 Å². The molecule has 1 spiro atoms. The maximum absolute atomic E-state index is 13.0. The molecule has 1 N–H and O–H groups in total. The number of hydrogen-bond acceptors (Lipinski definition) is 5. The summed E-state index contributed by atoms with van der Waals surface area (Å²) in [5, 5.41) is 10.6. The largest absolute Gasteiger partial charge is 0.469 e. The van der Waals surface area contributed by atoms with Crippen molar-refractivity contribution in [2.45, 2.75) is 50.7 Å². The molecule has 0 aromatic carbocycles. The van der Waals surface area contributed by atoms with E-state index in [0.29, 0.717) is 12.8 Å². The topological polar surface area (TPSA) is 72.8 Å². The highest BCUT2D eigenvalue weighted by Gasteiger charge is 2.80. The van der Waals surface area contributed by atoms with Crippen LogP contribution in [0, 0.1) is 28.6 Å². The first-order valence-corrected chi connectivity index (χ1v) is 9.20. The summed E-state index contributed by atoms with van der Waals surface area (Å²) in [6, 6.07) is 0. The Morgan fingerprint density at radius 1 is 1.44 bits per heavy atom. The number of carbonyl (C=O) groups excluding carboxylic acids is 2. The molecule has 3 saturated carbocycles. The summed E-state index contributed by atoms with van der Waals surface area (Å²) in [6.45, 7) is 6.13. The number of methoxy groups -OCH3 is 1. The van der Waals surface area contributed by atoms with Crippen molar-refractivity contribution in [3.05, 3.63) is 23.8 Å². The van der Waals surface area contributed by atoms with Gasteiger partial charge in [0.25, 0.3) is 0 Å². The predicted molar refractivity (Wildman–Crippen MR) is 88.2 cm³/mol. The Kier molecular flexibility index (Phi) is 2.73. The highest BCUT2D eigenvalue weighted by atomic mass is 16.6. The van der Waals surface area contributed by atoms with E-state index in [2.05, 4.69) is 6.58 Å².